The smallest absolute Gasteiger partial charge is 0.101 e. The van der Waals surface area contributed by atoms with Crippen LogP contribution < -0.4 is 0 Å². The van der Waals surface area contributed by atoms with Gasteiger partial charge in [0, 0.05) is 17.9 Å². The minimum atomic E-state index is 0.142. The van der Waals surface area contributed by atoms with Gasteiger partial charge in [-0.25, -0.2) is 0 Å². The number of hydrogen-bond acceptors (Lipinski definition) is 1. The standard InChI is InChI=1S/C13H14N2/c1-13(2,3)11-6-7-15-9-10(8-14)4-5-12(11)15/h4-7,9H,1-3H3. The van der Waals surface area contributed by atoms with E-state index in [1.807, 2.05) is 28.9 Å². The number of nitriles is 1. The molecule has 0 radical (unpaired) electrons. The highest BCUT2D eigenvalue weighted by atomic mass is 14.9. The van der Waals surface area contributed by atoms with Gasteiger partial charge in [-0.05, 0) is 29.2 Å². The van der Waals surface area contributed by atoms with Crippen molar-refractivity contribution >= 4 is 5.52 Å². The summed E-state index contributed by atoms with van der Waals surface area (Å²) in [6.07, 6.45) is 3.88. The molecule has 15 heavy (non-hydrogen) atoms. The maximum atomic E-state index is 8.80. The number of fused-ring (bicyclic) bond motifs is 1. The molecule has 0 saturated carbocycles. The van der Waals surface area contributed by atoms with Gasteiger partial charge >= 0.3 is 0 Å². The molecule has 0 N–H and O–H groups in total. The quantitative estimate of drug-likeness (QED) is 0.639. The summed E-state index contributed by atoms with van der Waals surface area (Å²) in [6.45, 7) is 6.58. The summed E-state index contributed by atoms with van der Waals surface area (Å²) in [7, 11) is 0. The lowest BCUT2D eigenvalue weighted by Crippen LogP contribution is -2.10. The van der Waals surface area contributed by atoms with Gasteiger partial charge in [0.15, 0.2) is 0 Å². The molecule has 76 valence electrons. The molecule has 0 bridgehead atoms. The van der Waals surface area contributed by atoms with Crippen LogP contribution in [-0.2, 0) is 5.41 Å². The van der Waals surface area contributed by atoms with Crippen molar-refractivity contribution in [1.29, 1.82) is 5.26 Å². The molecule has 0 aliphatic rings. The highest BCUT2D eigenvalue weighted by Crippen LogP contribution is 2.27. The zero-order valence-electron chi connectivity index (χ0n) is 9.28. The SMILES string of the molecule is CC(C)(C)c1ccn2cc(C#N)ccc12. The first-order chi connectivity index (χ1) is 7.02. The minimum Gasteiger partial charge on any atom is -0.322 e. The summed E-state index contributed by atoms with van der Waals surface area (Å²) in [6, 6.07) is 8.15. The van der Waals surface area contributed by atoms with Crippen LogP contribution in [0.3, 0.4) is 0 Å². The number of rotatable bonds is 0. The highest BCUT2D eigenvalue weighted by molar-refractivity contribution is 5.59. The zero-order chi connectivity index (χ0) is 11.1. The third-order valence-corrected chi connectivity index (χ3v) is 2.59. The Labute approximate surface area is 89.8 Å². The second-order valence-corrected chi connectivity index (χ2v) is 4.80. The maximum Gasteiger partial charge on any atom is 0.101 e. The monoisotopic (exact) mass is 198 g/mol. The Hall–Kier alpha value is -1.75. The van der Waals surface area contributed by atoms with Crippen molar-refractivity contribution < 1.29 is 0 Å². The lowest BCUT2D eigenvalue weighted by Gasteiger charge is -2.17. The lowest BCUT2D eigenvalue weighted by molar-refractivity contribution is 0.596. The summed E-state index contributed by atoms with van der Waals surface area (Å²) >= 11 is 0. The Morgan fingerprint density at radius 2 is 1.93 bits per heavy atom. The van der Waals surface area contributed by atoms with Gasteiger partial charge < -0.3 is 4.40 Å². The van der Waals surface area contributed by atoms with E-state index >= 15 is 0 Å². The fourth-order valence-electron chi connectivity index (χ4n) is 1.81. The molecule has 0 amide bonds. The first-order valence-electron chi connectivity index (χ1n) is 5.03. The fourth-order valence-corrected chi connectivity index (χ4v) is 1.81. The summed E-state index contributed by atoms with van der Waals surface area (Å²) in [4.78, 5) is 0. The average Bonchev–Trinajstić information content (AvgIpc) is 2.59. The first kappa shape index (κ1) is 9.79. The van der Waals surface area contributed by atoms with E-state index in [0.717, 1.165) is 0 Å². The summed E-state index contributed by atoms with van der Waals surface area (Å²) in [5, 5.41) is 8.80. The van der Waals surface area contributed by atoms with Gasteiger partial charge in [-0.1, -0.05) is 20.8 Å². The van der Waals surface area contributed by atoms with E-state index in [-0.39, 0.29) is 5.41 Å². The number of nitrogens with zero attached hydrogens (tertiary/aromatic N) is 2. The Bertz CT molecular complexity index is 536. The second-order valence-electron chi connectivity index (χ2n) is 4.80. The zero-order valence-corrected chi connectivity index (χ0v) is 9.28. The Balaban J connectivity index is 2.69. The van der Waals surface area contributed by atoms with Crippen LogP contribution in [0.4, 0.5) is 0 Å². The lowest BCUT2D eigenvalue weighted by atomic mass is 9.88. The van der Waals surface area contributed by atoms with E-state index in [1.165, 1.54) is 11.1 Å². The molecule has 0 aromatic carbocycles. The third kappa shape index (κ3) is 1.61. The van der Waals surface area contributed by atoms with Gasteiger partial charge in [0.1, 0.15) is 6.07 Å². The summed E-state index contributed by atoms with van der Waals surface area (Å²) in [5.74, 6) is 0. The van der Waals surface area contributed by atoms with E-state index in [1.54, 1.807) is 0 Å². The molecular formula is C13H14N2. The molecule has 2 nitrogen and oxygen atoms in total. The van der Waals surface area contributed by atoms with Crippen molar-refractivity contribution in [1.82, 2.24) is 4.40 Å². The predicted molar refractivity (Wildman–Crippen MR) is 60.8 cm³/mol. The van der Waals surface area contributed by atoms with Crippen molar-refractivity contribution in [2.75, 3.05) is 0 Å². The molecule has 0 saturated heterocycles. The van der Waals surface area contributed by atoms with E-state index in [4.69, 9.17) is 5.26 Å². The largest absolute Gasteiger partial charge is 0.322 e. The molecule has 0 spiro atoms. The van der Waals surface area contributed by atoms with Gasteiger partial charge in [-0.2, -0.15) is 5.26 Å². The Morgan fingerprint density at radius 1 is 1.20 bits per heavy atom. The Morgan fingerprint density at radius 3 is 2.53 bits per heavy atom. The van der Waals surface area contributed by atoms with Gasteiger partial charge in [0.25, 0.3) is 0 Å². The van der Waals surface area contributed by atoms with E-state index in [2.05, 4.69) is 32.9 Å². The minimum absolute atomic E-state index is 0.142. The van der Waals surface area contributed by atoms with Crippen LogP contribution in [0.15, 0.2) is 30.6 Å². The number of aromatic nitrogens is 1. The van der Waals surface area contributed by atoms with Crippen LogP contribution in [0.25, 0.3) is 5.52 Å². The van der Waals surface area contributed by atoms with Crippen LogP contribution in [0.5, 0.6) is 0 Å². The van der Waals surface area contributed by atoms with Gasteiger partial charge in [-0.3, -0.25) is 0 Å². The molecule has 2 heterocycles. The number of hydrogen-bond donors (Lipinski definition) is 0. The van der Waals surface area contributed by atoms with Crippen molar-refractivity contribution in [2.45, 2.75) is 26.2 Å². The van der Waals surface area contributed by atoms with Crippen molar-refractivity contribution in [3.05, 3.63) is 41.7 Å². The van der Waals surface area contributed by atoms with Crippen LogP contribution in [-0.4, -0.2) is 4.40 Å². The second kappa shape index (κ2) is 3.13. The molecule has 0 fully saturated rings. The summed E-state index contributed by atoms with van der Waals surface area (Å²) in [5.41, 5.74) is 3.33. The predicted octanol–water partition coefficient (Wildman–Crippen LogP) is 3.11. The van der Waals surface area contributed by atoms with Gasteiger partial charge in [0.2, 0.25) is 0 Å². The maximum absolute atomic E-state index is 8.80. The van der Waals surface area contributed by atoms with E-state index < -0.39 is 0 Å². The topological polar surface area (TPSA) is 28.2 Å². The van der Waals surface area contributed by atoms with Crippen LogP contribution in [0.2, 0.25) is 0 Å². The molecule has 0 aliphatic carbocycles. The molecule has 2 heteroatoms. The first-order valence-corrected chi connectivity index (χ1v) is 5.03. The van der Waals surface area contributed by atoms with Gasteiger partial charge in [-0.15, -0.1) is 0 Å². The fraction of sp³-hybridized carbons (Fsp3) is 0.308. The van der Waals surface area contributed by atoms with Crippen molar-refractivity contribution in [3.8, 4) is 6.07 Å². The van der Waals surface area contributed by atoms with Crippen molar-refractivity contribution in [3.63, 3.8) is 0 Å². The van der Waals surface area contributed by atoms with E-state index in [0.29, 0.717) is 5.56 Å². The van der Waals surface area contributed by atoms with Crippen LogP contribution in [0, 0.1) is 11.3 Å². The van der Waals surface area contributed by atoms with Crippen molar-refractivity contribution in [2.24, 2.45) is 0 Å². The molecule has 0 aliphatic heterocycles. The molecular weight excluding hydrogens is 184 g/mol. The Kier molecular flexibility index (Phi) is 2.04. The molecule has 2 aromatic heterocycles. The average molecular weight is 198 g/mol. The summed E-state index contributed by atoms with van der Waals surface area (Å²) < 4.78 is 2.01. The molecule has 2 aromatic rings. The normalized spacial score (nSPS) is 11.6. The van der Waals surface area contributed by atoms with Crippen LogP contribution >= 0.6 is 0 Å². The molecule has 2 rings (SSSR count). The molecule has 0 atom stereocenters. The third-order valence-electron chi connectivity index (χ3n) is 2.59. The van der Waals surface area contributed by atoms with Crippen LogP contribution in [0.1, 0.15) is 31.9 Å². The molecule has 0 unspecified atom stereocenters. The van der Waals surface area contributed by atoms with E-state index in [9.17, 15) is 0 Å². The number of pyridine rings is 1. The highest BCUT2D eigenvalue weighted by Gasteiger charge is 2.17. The van der Waals surface area contributed by atoms with Gasteiger partial charge in [0.05, 0.1) is 5.56 Å².